The highest BCUT2D eigenvalue weighted by molar-refractivity contribution is 5.70. The molecule has 5 rings (SSSR count). The summed E-state index contributed by atoms with van der Waals surface area (Å²) in [4.78, 5) is 52.4. The highest BCUT2D eigenvalue weighted by Crippen LogP contribution is 2.38. The Kier molecular flexibility index (Phi) is 58.0. The van der Waals surface area contributed by atoms with Crippen LogP contribution in [0.3, 0.4) is 0 Å². The molecule has 0 aliphatic carbocycles. The van der Waals surface area contributed by atoms with Crippen molar-refractivity contribution in [2.24, 2.45) is 0 Å². The average Bonchev–Trinajstić information content (AvgIpc) is 1.64. The average molecular weight is 1650 g/mol. The van der Waals surface area contributed by atoms with Crippen LogP contribution in [0.2, 0.25) is 0 Å². The molecule has 5 aliphatic rings. The Morgan fingerprint density at radius 2 is 0.443 bits per heavy atom. The highest BCUT2D eigenvalue weighted by atomic mass is 16.8. The molecule has 25 nitrogen and oxygen atoms in total. The molecule has 7 N–H and O–H groups in total. The van der Waals surface area contributed by atoms with Crippen LogP contribution in [0.15, 0.2) is 0 Å². The summed E-state index contributed by atoms with van der Waals surface area (Å²) >= 11 is 0. The molecule has 0 aromatic carbocycles. The zero-order chi connectivity index (χ0) is 82.9. The second-order valence-corrected chi connectivity index (χ2v) is 33.7. The normalized spacial score (nSPS) is 28.0. The van der Waals surface area contributed by atoms with Gasteiger partial charge in [-0.2, -0.15) is 0 Å². The third kappa shape index (κ3) is 42.7. The summed E-state index contributed by atoms with van der Waals surface area (Å²) in [5.41, 5.74) is 0. The van der Waals surface area contributed by atoms with Gasteiger partial charge in [0, 0.05) is 32.8 Å². The lowest BCUT2D eigenvalue weighted by molar-refractivity contribution is -0.270. The molecule has 5 fully saturated rings. The number of carbonyl (C=O) groups excluding carboxylic acids is 4. The van der Waals surface area contributed by atoms with Crippen LogP contribution < -0.4 is 0 Å². The number of unbranched alkanes of at least 4 members (excludes halogenated alkanes) is 48. The van der Waals surface area contributed by atoms with Crippen molar-refractivity contribution in [2.45, 2.75) is 510 Å². The van der Waals surface area contributed by atoms with Crippen molar-refractivity contribution in [1.82, 2.24) is 0 Å². The van der Waals surface area contributed by atoms with Gasteiger partial charge in [-0.1, -0.05) is 336 Å². The Morgan fingerprint density at radius 3 is 0.713 bits per heavy atom. The quantitative estimate of drug-likeness (QED) is 0.0169. The minimum absolute atomic E-state index is 0.129. The van der Waals surface area contributed by atoms with Gasteiger partial charge in [0.2, 0.25) is 0 Å². The van der Waals surface area contributed by atoms with E-state index in [1.807, 2.05) is 0 Å². The molecule has 20 atom stereocenters. The van der Waals surface area contributed by atoms with E-state index >= 15 is 0 Å². The number of ether oxygens (including phenoxy) is 14. The van der Waals surface area contributed by atoms with Gasteiger partial charge in [-0.15, -0.1) is 0 Å². The third-order valence-electron chi connectivity index (χ3n) is 23.6. The SMILES string of the molecule is CCCCCCCCCCCCCCCC(=O)OC[C@H]1O[C@@H](O[C@@H]2[C@@H](OC[C@H]3O[C@H](OC)[C@@H](O)[C@@H]3O[C@H]3O[C@H](COC(=O)CCCCCCCCCCCCCCC)[C@@H](O)[C@@H]3O[C@@H]3O[C@H](COC(=O)CCCCCCCCCCCCCCC)[C@@H](O)[C@@H]3O)O[C@H](COC(=O)CCCCCCCCCCCCCCC)[C@H]2O)[C@@H](O)[C@@H]1O. The molecule has 0 radical (unpaired) electrons. The van der Waals surface area contributed by atoms with Crippen LogP contribution in [0.25, 0.3) is 0 Å². The number of hydrogen-bond acceptors (Lipinski definition) is 25. The Bertz CT molecular complexity index is 2400. The first-order valence-corrected chi connectivity index (χ1v) is 46.8. The molecule has 0 amide bonds. The molecule has 25 heteroatoms. The van der Waals surface area contributed by atoms with Crippen LogP contribution in [-0.2, 0) is 85.5 Å². The zero-order valence-corrected chi connectivity index (χ0v) is 72.2. The van der Waals surface area contributed by atoms with Gasteiger partial charge in [0.1, 0.15) is 118 Å². The van der Waals surface area contributed by atoms with Crippen LogP contribution >= 0.6 is 0 Å². The van der Waals surface area contributed by atoms with E-state index in [4.69, 9.17) is 66.3 Å². The van der Waals surface area contributed by atoms with E-state index in [2.05, 4.69) is 27.7 Å². The molecule has 0 saturated carbocycles. The maximum absolute atomic E-state index is 13.3. The zero-order valence-electron chi connectivity index (χ0n) is 72.2. The largest absolute Gasteiger partial charge is 0.463 e. The molecule has 0 unspecified atom stereocenters. The first kappa shape index (κ1) is 103. The fraction of sp³-hybridized carbons (Fsp3) is 0.956. The number of hydrogen-bond donors (Lipinski definition) is 7. The van der Waals surface area contributed by atoms with Crippen molar-refractivity contribution >= 4 is 23.9 Å². The minimum atomic E-state index is -1.73. The lowest BCUT2D eigenvalue weighted by atomic mass is 10.0. The molecule has 5 aliphatic heterocycles. The Hall–Kier alpha value is -2.80. The van der Waals surface area contributed by atoms with Crippen LogP contribution in [-0.4, -0.2) is 223 Å². The fourth-order valence-corrected chi connectivity index (χ4v) is 16.1. The lowest BCUT2D eigenvalue weighted by Gasteiger charge is -2.30. The van der Waals surface area contributed by atoms with E-state index in [1.54, 1.807) is 0 Å². The summed E-state index contributed by atoms with van der Waals surface area (Å²) in [6.45, 7) is 6.71. The fourth-order valence-electron chi connectivity index (χ4n) is 16.1. The Labute approximate surface area is 692 Å². The van der Waals surface area contributed by atoms with Gasteiger partial charge in [0.05, 0.1) is 6.61 Å². The molecule has 0 bridgehead atoms. The highest BCUT2D eigenvalue weighted by Gasteiger charge is 2.57. The van der Waals surface area contributed by atoms with Gasteiger partial charge < -0.3 is 102 Å². The summed E-state index contributed by atoms with van der Waals surface area (Å²) in [6.07, 6.45) is 30.1. The summed E-state index contributed by atoms with van der Waals surface area (Å²) in [7, 11) is 1.29. The summed E-state index contributed by atoms with van der Waals surface area (Å²) in [5.74, 6) is -1.99. The predicted octanol–water partition coefficient (Wildman–Crippen LogP) is 16.1. The second kappa shape index (κ2) is 64.9. The van der Waals surface area contributed by atoms with E-state index in [0.717, 1.165) is 89.9 Å². The first-order chi connectivity index (χ1) is 56.0. The molecule has 115 heavy (non-hydrogen) atoms. The van der Waals surface area contributed by atoms with Gasteiger partial charge in [-0.3, -0.25) is 19.2 Å². The van der Waals surface area contributed by atoms with Crippen LogP contribution in [0.4, 0.5) is 0 Å². The standard InChI is InChI=1S/C90H164O25/c1-6-10-14-18-22-26-30-34-38-42-46-50-54-58-72(91)103-62-67-76(95)80(99)87(108-67)114-84-78(97)69(64-105-74(93)60-56-52-48-44-40-36-32-28-24-20-16-12-8-3)110-89(84)107-66-71-83(82(101)86(102-5)112-71)113-90-85(79(98)70(111-90)65-106-75(94)61-57-53-49-45-41-37-33-29-25-21-17-13-9-4)115-88-81(100)77(96)68(109-88)63-104-73(92)59-55-51-47-43-39-35-31-27-23-19-15-11-7-2/h67-71,76-90,95-101H,6-66H2,1-5H3/t67-,68-,69-,70-,71-,76-,77-,78-,79-,80+,81+,82+,83-,84+,85+,86+,87+,88+,89+,90-/m1/s1. The molecule has 0 spiro atoms. The van der Waals surface area contributed by atoms with Crippen molar-refractivity contribution in [2.75, 3.05) is 40.1 Å². The third-order valence-corrected chi connectivity index (χ3v) is 23.6. The van der Waals surface area contributed by atoms with Gasteiger partial charge in [0.15, 0.2) is 31.5 Å². The van der Waals surface area contributed by atoms with Crippen LogP contribution in [0.1, 0.15) is 387 Å². The van der Waals surface area contributed by atoms with E-state index in [1.165, 1.54) is 225 Å². The monoisotopic (exact) mass is 1650 g/mol. The smallest absolute Gasteiger partial charge is 0.305 e. The number of aliphatic hydroxyl groups excluding tert-OH is 7. The Morgan fingerprint density at radius 1 is 0.226 bits per heavy atom. The van der Waals surface area contributed by atoms with Gasteiger partial charge in [-0.05, 0) is 25.7 Å². The van der Waals surface area contributed by atoms with Gasteiger partial charge >= 0.3 is 23.9 Å². The molecule has 5 heterocycles. The van der Waals surface area contributed by atoms with E-state index in [9.17, 15) is 54.9 Å². The van der Waals surface area contributed by atoms with E-state index in [-0.39, 0.29) is 25.7 Å². The van der Waals surface area contributed by atoms with Crippen molar-refractivity contribution in [3.8, 4) is 0 Å². The maximum atomic E-state index is 13.3. The van der Waals surface area contributed by atoms with E-state index < -0.39 is 180 Å². The lowest BCUT2D eigenvalue weighted by Crippen LogP contribution is -2.47. The molecule has 674 valence electrons. The minimum Gasteiger partial charge on any atom is -0.463 e. The van der Waals surface area contributed by atoms with Gasteiger partial charge in [0.25, 0.3) is 0 Å². The summed E-state index contributed by atoms with van der Waals surface area (Å²) < 4.78 is 84.0. The molecule has 5 saturated heterocycles. The Balaban J connectivity index is 1.22. The molecule has 0 aromatic rings. The molecule has 0 aromatic heterocycles. The van der Waals surface area contributed by atoms with Crippen LogP contribution in [0, 0.1) is 0 Å². The number of carbonyl (C=O) groups is 4. The second-order valence-electron chi connectivity index (χ2n) is 33.7. The van der Waals surface area contributed by atoms with Crippen molar-refractivity contribution in [3.63, 3.8) is 0 Å². The van der Waals surface area contributed by atoms with Crippen molar-refractivity contribution < 1.29 is 121 Å². The molecular formula is C90H164O25. The number of methoxy groups -OCH3 is 1. The van der Waals surface area contributed by atoms with Gasteiger partial charge in [-0.25, -0.2) is 0 Å². The summed E-state index contributed by atoms with van der Waals surface area (Å²) in [5, 5.41) is 81.3. The van der Waals surface area contributed by atoms with Crippen LogP contribution in [0.5, 0.6) is 0 Å². The topological polar surface area (TPSA) is 339 Å². The van der Waals surface area contributed by atoms with Crippen molar-refractivity contribution in [1.29, 1.82) is 0 Å². The maximum Gasteiger partial charge on any atom is 0.305 e. The first-order valence-electron chi connectivity index (χ1n) is 46.8. The number of aliphatic hydroxyl groups is 7. The summed E-state index contributed by atoms with van der Waals surface area (Å²) in [6, 6.07) is 0. The van der Waals surface area contributed by atoms with E-state index in [0.29, 0.717) is 25.7 Å². The number of rotatable bonds is 74. The predicted molar refractivity (Wildman–Crippen MR) is 438 cm³/mol. The molecular weight excluding hydrogens is 1480 g/mol. The number of esters is 4. The van der Waals surface area contributed by atoms with Crippen molar-refractivity contribution in [3.05, 3.63) is 0 Å².